The largest absolute Gasteiger partial charge is 0.374 e. The monoisotopic (exact) mass is 300 g/mol. The Morgan fingerprint density at radius 2 is 1.82 bits per heavy atom. The van der Waals surface area contributed by atoms with E-state index in [1.54, 1.807) is 12.1 Å². The van der Waals surface area contributed by atoms with Crippen LogP contribution in [0.15, 0.2) is 16.6 Å². The zero-order valence-electron chi connectivity index (χ0n) is 8.75. The Bertz CT molecular complexity index is 493. The van der Waals surface area contributed by atoms with Crippen LogP contribution in [-0.2, 0) is 4.74 Å². The Morgan fingerprint density at radius 1 is 1.24 bits per heavy atom. The van der Waals surface area contributed by atoms with Gasteiger partial charge in [0.05, 0.1) is 16.6 Å². The van der Waals surface area contributed by atoms with Crippen LogP contribution in [0.4, 0.5) is 8.78 Å². The van der Waals surface area contributed by atoms with Crippen molar-refractivity contribution in [3.8, 4) is 12.1 Å². The zero-order chi connectivity index (χ0) is 13.0. The molecule has 0 aliphatic carbocycles. The molecule has 0 saturated heterocycles. The van der Waals surface area contributed by atoms with Crippen molar-refractivity contribution >= 4 is 15.9 Å². The quantitative estimate of drug-likeness (QED) is 0.806. The highest BCUT2D eigenvalue weighted by molar-refractivity contribution is 9.10. The first-order valence-corrected chi connectivity index (χ1v) is 5.31. The van der Waals surface area contributed by atoms with Gasteiger partial charge in [0.25, 0.3) is 0 Å². The molecule has 3 nitrogen and oxygen atoms in total. The molecule has 0 N–H and O–H groups in total. The molecule has 1 aromatic rings. The average molecular weight is 301 g/mol. The number of halogens is 3. The summed E-state index contributed by atoms with van der Waals surface area (Å²) in [5, 5.41) is 17.5. The average Bonchev–Trinajstić information content (AvgIpc) is 2.34. The molecular formula is C11H7BrF2N2O. The van der Waals surface area contributed by atoms with E-state index < -0.39 is 23.7 Å². The third-order valence-corrected chi connectivity index (χ3v) is 2.82. The van der Waals surface area contributed by atoms with Crippen LogP contribution >= 0.6 is 15.9 Å². The van der Waals surface area contributed by atoms with E-state index in [1.807, 2.05) is 0 Å². The maximum absolute atomic E-state index is 13.6. The molecule has 1 atom stereocenters. The molecule has 0 heterocycles. The maximum atomic E-state index is 13.6. The van der Waals surface area contributed by atoms with Crippen molar-refractivity contribution in [3.05, 3.63) is 33.8 Å². The van der Waals surface area contributed by atoms with Crippen LogP contribution in [0, 0.1) is 40.2 Å². The minimum Gasteiger partial charge on any atom is -0.374 e. The van der Waals surface area contributed by atoms with Gasteiger partial charge in [-0.05, 0) is 22.0 Å². The van der Waals surface area contributed by atoms with E-state index in [0.717, 1.165) is 0 Å². The number of hydrogen-bond acceptors (Lipinski definition) is 3. The van der Waals surface area contributed by atoms with Gasteiger partial charge in [-0.3, -0.25) is 0 Å². The van der Waals surface area contributed by atoms with E-state index in [-0.39, 0.29) is 10.0 Å². The van der Waals surface area contributed by atoms with Gasteiger partial charge >= 0.3 is 0 Å². The Kier molecular flexibility index (Phi) is 4.56. The Hall–Kier alpha value is -1.50. The lowest BCUT2D eigenvalue weighted by atomic mass is 9.97. The van der Waals surface area contributed by atoms with Gasteiger partial charge in [-0.1, -0.05) is 6.07 Å². The van der Waals surface area contributed by atoms with Crippen molar-refractivity contribution in [2.75, 3.05) is 7.11 Å². The van der Waals surface area contributed by atoms with Crippen LogP contribution in [0.25, 0.3) is 0 Å². The van der Waals surface area contributed by atoms with Crippen molar-refractivity contribution in [1.82, 2.24) is 0 Å². The van der Waals surface area contributed by atoms with E-state index in [4.69, 9.17) is 15.3 Å². The van der Waals surface area contributed by atoms with E-state index in [2.05, 4.69) is 15.9 Å². The number of rotatable bonds is 3. The van der Waals surface area contributed by atoms with Gasteiger partial charge in [0.2, 0.25) is 0 Å². The molecule has 0 fully saturated rings. The number of nitrogens with zero attached hydrogens (tertiary/aromatic N) is 2. The minimum absolute atomic E-state index is 0.0286. The predicted octanol–water partition coefficient (Wildman–Crippen LogP) is 3.08. The molecule has 0 aliphatic heterocycles. The highest BCUT2D eigenvalue weighted by atomic mass is 79.9. The topological polar surface area (TPSA) is 56.8 Å². The molecule has 1 aromatic carbocycles. The molecule has 0 spiro atoms. The van der Waals surface area contributed by atoms with E-state index in [0.29, 0.717) is 0 Å². The summed E-state index contributed by atoms with van der Waals surface area (Å²) in [7, 11) is 1.23. The van der Waals surface area contributed by atoms with Crippen molar-refractivity contribution < 1.29 is 13.5 Å². The van der Waals surface area contributed by atoms with Crippen LogP contribution in [-0.4, -0.2) is 7.11 Å². The number of hydrogen-bond donors (Lipinski definition) is 0. The summed E-state index contributed by atoms with van der Waals surface area (Å²) in [6.07, 6.45) is -1.12. The zero-order valence-corrected chi connectivity index (χ0v) is 10.3. The summed E-state index contributed by atoms with van der Waals surface area (Å²) in [4.78, 5) is 0. The fraction of sp³-hybridized carbons (Fsp3) is 0.273. The van der Waals surface area contributed by atoms with E-state index >= 15 is 0 Å². The second kappa shape index (κ2) is 5.72. The number of ether oxygens (including phenoxy) is 1. The summed E-state index contributed by atoms with van der Waals surface area (Å²) < 4.78 is 31.8. The molecule has 0 aliphatic rings. The smallest absolute Gasteiger partial charge is 0.173 e. The van der Waals surface area contributed by atoms with Gasteiger partial charge < -0.3 is 4.74 Å². The number of nitriles is 2. The number of methoxy groups -OCH3 is 1. The van der Waals surface area contributed by atoms with Crippen LogP contribution < -0.4 is 0 Å². The SMILES string of the molecule is COC(c1ccc(Br)c(F)c1F)C(C#N)C#N. The summed E-state index contributed by atoms with van der Waals surface area (Å²) in [6, 6.07) is 5.92. The van der Waals surface area contributed by atoms with Crippen LogP contribution in [0.2, 0.25) is 0 Å². The van der Waals surface area contributed by atoms with Crippen LogP contribution in [0.3, 0.4) is 0 Å². The summed E-state index contributed by atoms with van der Waals surface area (Å²) in [5.41, 5.74) is -0.152. The van der Waals surface area contributed by atoms with Gasteiger partial charge in [-0.25, -0.2) is 8.78 Å². The van der Waals surface area contributed by atoms with E-state index in [9.17, 15) is 8.78 Å². The molecule has 1 rings (SSSR count). The molecule has 0 saturated carbocycles. The molecule has 6 heteroatoms. The lowest BCUT2D eigenvalue weighted by molar-refractivity contribution is 0.0829. The third kappa shape index (κ3) is 2.60. The normalized spacial score (nSPS) is 11.9. The highest BCUT2D eigenvalue weighted by Crippen LogP contribution is 2.30. The second-order valence-corrected chi connectivity index (χ2v) is 4.01. The minimum atomic E-state index is -1.20. The highest BCUT2D eigenvalue weighted by Gasteiger charge is 2.27. The van der Waals surface area contributed by atoms with Gasteiger partial charge in [-0.15, -0.1) is 0 Å². The molecule has 88 valence electrons. The van der Waals surface area contributed by atoms with Crippen molar-refractivity contribution in [2.45, 2.75) is 6.10 Å². The van der Waals surface area contributed by atoms with Crippen molar-refractivity contribution in [3.63, 3.8) is 0 Å². The van der Waals surface area contributed by atoms with Gasteiger partial charge in [0.1, 0.15) is 6.10 Å². The Labute approximate surface area is 105 Å². The summed E-state index contributed by atoms with van der Waals surface area (Å²) >= 11 is 2.84. The van der Waals surface area contributed by atoms with Gasteiger partial charge in [0.15, 0.2) is 17.6 Å². The molecule has 0 aromatic heterocycles. The lowest BCUT2D eigenvalue weighted by Crippen LogP contribution is -2.14. The van der Waals surface area contributed by atoms with Crippen LogP contribution in [0.1, 0.15) is 11.7 Å². The Morgan fingerprint density at radius 3 is 2.29 bits per heavy atom. The second-order valence-electron chi connectivity index (χ2n) is 3.16. The Balaban J connectivity index is 3.28. The fourth-order valence-electron chi connectivity index (χ4n) is 1.37. The lowest BCUT2D eigenvalue weighted by Gasteiger charge is -2.17. The first-order valence-electron chi connectivity index (χ1n) is 4.52. The molecule has 1 unspecified atom stereocenters. The first-order chi connectivity index (χ1) is 8.06. The molecular weight excluding hydrogens is 294 g/mol. The maximum Gasteiger partial charge on any atom is 0.173 e. The first kappa shape index (κ1) is 13.6. The molecule has 0 amide bonds. The van der Waals surface area contributed by atoms with Crippen molar-refractivity contribution in [2.24, 2.45) is 5.92 Å². The third-order valence-electron chi connectivity index (χ3n) is 2.21. The standard InChI is InChI=1S/C11H7BrF2N2O/c1-17-11(6(4-15)5-16)7-2-3-8(12)10(14)9(7)13/h2-3,6,11H,1H3. The van der Waals surface area contributed by atoms with Crippen molar-refractivity contribution in [1.29, 1.82) is 10.5 Å². The van der Waals surface area contributed by atoms with Crippen LogP contribution in [0.5, 0.6) is 0 Å². The molecule has 0 radical (unpaired) electrons. The summed E-state index contributed by atoms with van der Waals surface area (Å²) in [5.74, 6) is -3.39. The summed E-state index contributed by atoms with van der Waals surface area (Å²) in [6.45, 7) is 0. The van der Waals surface area contributed by atoms with E-state index in [1.165, 1.54) is 19.2 Å². The molecule has 17 heavy (non-hydrogen) atoms. The molecule has 0 bridgehead atoms. The number of benzene rings is 1. The van der Waals surface area contributed by atoms with Gasteiger partial charge in [0, 0.05) is 12.7 Å². The van der Waals surface area contributed by atoms with Gasteiger partial charge in [-0.2, -0.15) is 10.5 Å². The predicted molar refractivity (Wildman–Crippen MR) is 58.5 cm³/mol. The fourth-order valence-corrected chi connectivity index (χ4v) is 1.67.